The van der Waals surface area contributed by atoms with E-state index >= 15 is 0 Å². The van der Waals surface area contributed by atoms with E-state index in [4.69, 9.17) is 0 Å². The van der Waals surface area contributed by atoms with Crippen LogP contribution in [-0.2, 0) is 10.1 Å². The van der Waals surface area contributed by atoms with Crippen LogP contribution in [0, 0.1) is 0 Å². The second-order valence-electron chi connectivity index (χ2n) is 6.04. The number of aliphatic hydroxyl groups excluding tert-OH is 1. The molecule has 0 heterocycles. The fourth-order valence-corrected chi connectivity index (χ4v) is 3.44. The van der Waals surface area contributed by atoms with Crippen molar-refractivity contribution >= 4 is 10.1 Å². The minimum Gasteiger partial charge on any atom is -0.748 e. The Morgan fingerprint density at radius 1 is 0.818 bits per heavy atom. The normalized spacial score (nSPS) is 14.4. The Hall–Kier alpha value is 1.51. The Morgan fingerprint density at radius 3 is 1.86 bits per heavy atom. The standard InChI is InChI=1S/C16H34O4S.K/c1-3-5-7-8-10-11-15(17)13-14-16(21(18,19)20)12-9-6-4-2;/h15-17H,3-14H2,1-2H3,(H,18,19,20);/q;+1/p-1. The van der Waals surface area contributed by atoms with E-state index in [1.165, 1.54) is 19.3 Å². The van der Waals surface area contributed by atoms with Crippen LogP contribution in [0.2, 0.25) is 0 Å². The van der Waals surface area contributed by atoms with Crippen LogP contribution in [0.25, 0.3) is 0 Å². The van der Waals surface area contributed by atoms with Crippen LogP contribution in [0.1, 0.15) is 90.9 Å². The Balaban J connectivity index is 0. The summed E-state index contributed by atoms with van der Waals surface area (Å²) in [5.74, 6) is 0. The van der Waals surface area contributed by atoms with E-state index in [1.807, 2.05) is 6.92 Å². The molecule has 0 saturated heterocycles. The zero-order valence-corrected chi connectivity index (χ0v) is 18.7. The van der Waals surface area contributed by atoms with E-state index in [1.54, 1.807) is 0 Å². The molecule has 6 heteroatoms. The zero-order chi connectivity index (χ0) is 16.1. The molecule has 0 saturated carbocycles. The van der Waals surface area contributed by atoms with Crippen molar-refractivity contribution in [1.82, 2.24) is 0 Å². The largest absolute Gasteiger partial charge is 1.00 e. The molecule has 0 radical (unpaired) electrons. The topological polar surface area (TPSA) is 77.4 Å². The average Bonchev–Trinajstić information content (AvgIpc) is 2.41. The summed E-state index contributed by atoms with van der Waals surface area (Å²) in [6.45, 7) is 4.21. The Kier molecular flexibility index (Phi) is 18.7. The molecule has 0 aliphatic carbocycles. The first kappa shape index (κ1) is 25.7. The van der Waals surface area contributed by atoms with Crippen molar-refractivity contribution in [3.63, 3.8) is 0 Å². The smallest absolute Gasteiger partial charge is 0.748 e. The van der Waals surface area contributed by atoms with Gasteiger partial charge in [0.1, 0.15) is 0 Å². The first-order valence-corrected chi connectivity index (χ1v) is 10.0. The summed E-state index contributed by atoms with van der Waals surface area (Å²) in [6, 6.07) is 0. The third-order valence-corrected chi connectivity index (χ3v) is 5.29. The van der Waals surface area contributed by atoms with Gasteiger partial charge in [0.15, 0.2) is 0 Å². The van der Waals surface area contributed by atoms with Gasteiger partial charge in [-0.2, -0.15) is 0 Å². The summed E-state index contributed by atoms with van der Waals surface area (Å²) < 4.78 is 33.7. The van der Waals surface area contributed by atoms with E-state index in [0.717, 1.165) is 32.1 Å². The third kappa shape index (κ3) is 15.1. The predicted molar refractivity (Wildman–Crippen MR) is 86.2 cm³/mol. The first-order valence-electron chi connectivity index (χ1n) is 8.54. The fourth-order valence-electron chi connectivity index (χ4n) is 2.56. The fraction of sp³-hybridized carbons (Fsp3) is 1.00. The second kappa shape index (κ2) is 16.0. The van der Waals surface area contributed by atoms with Gasteiger partial charge in [-0.3, -0.25) is 0 Å². The van der Waals surface area contributed by atoms with Crippen molar-refractivity contribution < 1.29 is 69.5 Å². The first-order chi connectivity index (χ1) is 9.91. The number of aliphatic hydroxyl groups is 1. The van der Waals surface area contributed by atoms with E-state index in [2.05, 4.69) is 6.92 Å². The third-order valence-electron chi connectivity index (χ3n) is 4.00. The molecular formula is C16H33KO4S. The maximum absolute atomic E-state index is 11.2. The van der Waals surface area contributed by atoms with Crippen molar-refractivity contribution in [2.24, 2.45) is 0 Å². The van der Waals surface area contributed by atoms with Gasteiger partial charge in [0.25, 0.3) is 0 Å². The van der Waals surface area contributed by atoms with Gasteiger partial charge in [-0.25, -0.2) is 8.42 Å². The van der Waals surface area contributed by atoms with Crippen LogP contribution >= 0.6 is 0 Å². The minimum absolute atomic E-state index is 0. The Bertz CT molecular complexity index is 333. The van der Waals surface area contributed by atoms with Gasteiger partial charge in [-0.1, -0.05) is 65.2 Å². The van der Waals surface area contributed by atoms with Gasteiger partial charge in [0.05, 0.1) is 16.2 Å². The SMILES string of the molecule is CCCCCCCC(O)CCC(CCCCC)S(=O)(=O)[O-].[K+]. The van der Waals surface area contributed by atoms with Gasteiger partial charge in [0.2, 0.25) is 0 Å². The molecule has 0 aromatic carbocycles. The van der Waals surface area contributed by atoms with Gasteiger partial charge >= 0.3 is 51.4 Å². The maximum atomic E-state index is 11.2. The summed E-state index contributed by atoms with van der Waals surface area (Å²) in [5.41, 5.74) is 0. The Labute approximate surface area is 180 Å². The molecule has 4 nitrogen and oxygen atoms in total. The van der Waals surface area contributed by atoms with E-state index in [0.29, 0.717) is 25.7 Å². The van der Waals surface area contributed by atoms with Crippen molar-refractivity contribution in [3.8, 4) is 0 Å². The molecule has 2 unspecified atom stereocenters. The number of hydrogen-bond acceptors (Lipinski definition) is 4. The molecule has 128 valence electrons. The summed E-state index contributed by atoms with van der Waals surface area (Å²) in [4.78, 5) is 0. The summed E-state index contributed by atoms with van der Waals surface area (Å²) in [5, 5.41) is 9.07. The van der Waals surface area contributed by atoms with Crippen molar-refractivity contribution in [3.05, 3.63) is 0 Å². The second-order valence-corrected chi connectivity index (χ2v) is 7.70. The number of unbranched alkanes of at least 4 members (excludes halogenated alkanes) is 6. The van der Waals surface area contributed by atoms with Crippen molar-refractivity contribution in [2.45, 2.75) is 102 Å². The zero-order valence-electron chi connectivity index (χ0n) is 14.7. The molecule has 1 N–H and O–H groups in total. The molecule has 0 aromatic rings. The summed E-state index contributed by atoms with van der Waals surface area (Å²) >= 11 is 0. The van der Waals surface area contributed by atoms with Crippen LogP contribution < -0.4 is 51.4 Å². The number of rotatable bonds is 14. The monoisotopic (exact) mass is 360 g/mol. The Morgan fingerprint density at radius 2 is 1.32 bits per heavy atom. The van der Waals surface area contributed by atoms with Crippen molar-refractivity contribution in [1.29, 1.82) is 0 Å². The molecular weight excluding hydrogens is 327 g/mol. The van der Waals surface area contributed by atoms with Crippen LogP contribution in [0.4, 0.5) is 0 Å². The van der Waals surface area contributed by atoms with Crippen LogP contribution in [0.3, 0.4) is 0 Å². The van der Waals surface area contributed by atoms with Crippen molar-refractivity contribution in [2.75, 3.05) is 0 Å². The van der Waals surface area contributed by atoms with Crippen LogP contribution in [0.5, 0.6) is 0 Å². The molecule has 0 spiro atoms. The molecule has 0 rings (SSSR count). The van der Waals surface area contributed by atoms with E-state index < -0.39 is 21.5 Å². The van der Waals surface area contributed by atoms with Crippen LogP contribution in [0.15, 0.2) is 0 Å². The quantitative estimate of drug-likeness (QED) is 0.285. The summed E-state index contributed by atoms with van der Waals surface area (Å²) in [6.07, 6.45) is 9.84. The molecule has 0 fully saturated rings. The maximum Gasteiger partial charge on any atom is 1.00 e. The van der Waals surface area contributed by atoms with Gasteiger partial charge < -0.3 is 9.66 Å². The van der Waals surface area contributed by atoms with Gasteiger partial charge in [-0.05, 0) is 25.7 Å². The molecule has 0 bridgehead atoms. The van der Waals surface area contributed by atoms with Gasteiger partial charge in [0, 0.05) is 5.25 Å². The molecule has 0 aromatic heterocycles. The van der Waals surface area contributed by atoms with E-state index in [-0.39, 0.29) is 51.4 Å². The van der Waals surface area contributed by atoms with E-state index in [9.17, 15) is 18.1 Å². The average molecular weight is 361 g/mol. The molecule has 0 aliphatic rings. The predicted octanol–water partition coefficient (Wildman–Crippen LogP) is 0.986. The molecule has 0 aliphatic heterocycles. The molecule has 2 atom stereocenters. The number of hydrogen-bond donors (Lipinski definition) is 1. The molecule has 22 heavy (non-hydrogen) atoms. The van der Waals surface area contributed by atoms with Crippen LogP contribution in [-0.4, -0.2) is 29.4 Å². The minimum atomic E-state index is -4.23. The summed E-state index contributed by atoms with van der Waals surface area (Å²) in [7, 11) is -4.23. The molecule has 0 amide bonds. The van der Waals surface area contributed by atoms with Gasteiger partial charge in [-0.15, -0.1) is 0 Å².